The molecule has 0 radical (unpaired) electrons. The zero-order valence-electron chi connectivity index (χ0n) is 16.5. The van der Waals surface area contributed by atoms with Gasteiger partial charge in [0.05, 0.1) is 23.7 Å². The average Bonchev–Trinajstić information content (AvgIpc) is 3.26. The Morgan fingerprint density at radius 3 is 2.77 bits per heavy atom. The second-order valence-corrected chi connectivity index (χ2v) is 6.78. The van der Waals surface area contributed by atoms with E-state index in [0.29, 0.717) is 34.3 Å². The second kappa shape index (κ2) is 8.60. The number of carbonyl (C=O) groups excluding carboxylic acids is 1. The number of aromatic hydroxyl groups is 1. The smallest absolute Gasteiger partial charge is 0.405 e. The number of H-pyrrole nitrogens is 1. The first-order valence-electron chi connectivity index (χ1n) is 9.51. The lowest BCUT2D eigenvalue weighted by molar-refractivity contribution is -0.123. The number of hydrogen-bond donors (Lipinski definition) is 3. The first-order valence-corrected chi connectivity index (χ1v) is 9.51. The van der Waals surface area contributed by atoms with Gasteiger partial charge in [-0.1, -0.05) is 13.8 Å². The molecule has 3 rings (SSSR count). The van der Waals surface area contributed by atoms with E-state index in [1.54, 1.807) is 17.1 Å². The summed E-state index contributed by atoms with van der Waals surface area (Å²) in [5.74, 6) is -0.976. The van der Waals surface area contributed by atoms with Gasteiger partial charge in [0.2, 0.25) is 0 Å². The van der Waals surface area contributed by atoms with Crippen LogP contribution in [0, 0.1) is 0 Å². The maximum Gasteiger partial charge on any atom is 0.405 e. The van der Waals surface area contributed by atoms with E-state index in [4.69, 9.17) is 0 Å². The number of amides is 1. The molecule has 1 amide bonds. The van der Waals surface area contributed by atoms with Gasteiger partial charge in [-0.3, -0.25) is 9.48 Å². The van der Waals surface area contributed by atoms with E-state index in [2.05, 4.69) is 15.1 Å². The number of fused-ring (bicyclic) bond motifs is 1. The summed E-state index contributed by atoms with van der Waals surface area (Å²) in [6.07, 6.45) is 0.313. The van der Waals surface area contributed by atoms with Gasteiger partial charge in [0.25, 0.3) is 5.91 Å². The van der Waals surface area contributed by atoms with Crippen LogP contribution < -0.4 is 5.32 Å². The number of rotatable bonds is 7. The average molecular weight is 421 g/mol. The molecule has 0 bridgehead atoms. The van der Waals surface area contributed by atoms with Gasteiger partial charge >= 0.3 is 6.18 Å². The lowest BCUT2D eigenvalue weighted by Gasteiger charge is -2.09. The number of aryl methyl sites for hydroxylation is 1. The van der Waals surface area contributed by atoms with Crippen LogP contribution >= 0.6 is 0 Å². The highest BCUT2D eigenvalue weighted by Crippen LogP contribution is 2.31. The zero-order chi connectivity index (χ0) is 21.9. The minimum atomic E-state index is -4.50. The van der Waals surface area contributed by atoms with Crippen molar-refractivity contribution < 1.29 is 23.1 Å². The molecule has 0 saturated carbocycles. The van der Waals surface area contributed by atoms with Gasteiger partial charge in [-0.15, -0.1) is 0 Å². The molecule has 160 valence electrons. The number of aromatic nitrogens is 3. The van der Waals surface area contributed by atoms with Gasteiger partial charge in [0, 0.05) is 23.0 Å². The van der Waals surface area contributed by atoms with Crippen LogP contribution in [0.4, 0.5) is 18.9 Å². The van der Waals surface area contributed by atoms with Gasteiger partial charge in [-0.25, -0.2) is 4.99 Å². The lowest BCUT2D eigenvalue weighted by atomic mass is 10.0. The van der Waals surface area contributed by atoms with Crippen molar-refractivity contribution >= 4 is 28.2 Å². The van der Waals surface area contributed by atoms with Crippen molar-refractivity contribution in [3.63, 3.8) is 0 Å². The fraction of sp³-hybridized carbons (Fsp3) is 0.350. The van der Waals surface area contributed by atoms with Gasteiger partial charge in [-0.2, -0.15) is 18.3 Å². The van der Waals surface area contributed by atoms with E-state index in [0.717, 1.165) is 13.0 Å². The lowest BCUT2D eigenvalue weighted by Crippen LogP contribution is -2.33. The molecule has 3 N–H and O–H groups in total. The largest absolute Gasteiger partial charge is 0.494 e. The Kier molecular flexibility index (Phi) is 6.14. The predicted molar refractivity (Wildman–Crippen MR) is 107 cm³/mol. The molecule has 0 atom stereocenters. The van der Waals surface area contributed by atoms with E-state index in [9.17, 15) is 23.1 Å². The number of alkyl halides is 3. The number of carbonyl (C=O) groups is 1. The molecule has 7 nitrogen and oxygen atoms in total. The molecule has 0 aliphatic carbocycles. The van der Waals surface area contributed by atoms with Crippen molar-refractivity contribution in [1.82, 2.24) is 20.1 Å². The highest BCUT2D eigenvalue weighted by Gasteiger charge is 2.28. The first kappa shape index (κ1) is 21.4. The van der Waals surface area contributed by atoms with Crippen LogP contribution in [0.1, 0.15) is 42.6 Å². The predicted octanol–water partition coefficient (Wildman–Crippen LogP) is 4.30. The summed E-state index contributed by atoms with van der Waals surface area (Å²) in [4.78, 5) is 19.5. The van der Waals surface area contributed by atoms with Crippen LogP contribution in [0.3, 0.4) is 0 Å². The number of aromatic amines is 1. The van der Waals surface area contributed by atoms with Crippen LogP contribution in [-0.2, 0) is 6.54 Å². The van der Waals surface area contributed by atoms with E-state index in [1.807, 2.05) is 19.2 Å². The first-order chi connectivity index (χ1) is 14.2. The van der Waals surface area contributed by atoms with Gasteiger partial charge in [0.1, 0.15) is 12.2 Å². The van der Waals surface area contributed by atoms with Crippen molar-refractivity contribution in [2.45, 2.75) is 39.4 Å². The number of halogens is 3. The minimum Gasteiger partial charge on any atom is -0.494 e. The quantitative estimate of drug-likeness (QED) is 0.496. The summed E-state index contributed by atoms with van der Waals surface area (Å²) in [5.41, 5.74) is 2.17. The molecule has 1 aromatic carbocycles. The molecule has 2 heterocycles. The van der Waals surface area contributed by atoms with Gasteiger partial charge < -0.3 is 15.4 Å². The van der Waals surface area contributed by atoms with Crippen LogP contribution in [0.25, 0.3) is 10.9 Å². The zero-order valence-corrected chi connectivity index (χ0v) is 16.5. The number of benzene rings is 1. The summed E-state index contributed by atoms with van der Waals surface area (Å²) in [7, 11) is 0. The Morgan fingerprint density at radius 1 is 1.33 bits per heavy atom. The summed E-state index contributed by atoms with van der Waals surface area (Å²) in [6, 6.07) is 4.37. The Balaban J connectivity index is 1.98. The highest BCUT2D eigenvalue weighted by molar-refractivity contribution is 6.14. The number of hydrogen-bond acceptors (Lipinski definition) is 4. The minimum absolute atomic E-state index is 0.0539. The molecule has 3 aromatic rings. The van der Waals surface area contributed by atoms with Crippen molar-refractivity contribution in [3.8, 4) is 5.88 Å². The van der Waals surface area contributed by atoms with E-state index < -0.39 is 18.6 Å². The SMILES string of the molecule is CCCn1cc(N=C(CC)c2c(O)[nH]c3ccc(C(=O)NCC(F)(F)F)cc23)cn1. The third-order valence-corrected chi connectivity index (χ3v) is 4.45. The van der Waals surface area contributed by atoms with Crippen molar-refractivity contribution in [3.05, 3.63) is 41.7 Å². The molecule has 0 aliphatic rings. The Morgan fingerprint density at radius 2 is 2.10 bits per heavy atom. The second-order valence-electron chi connectivity index (χ2n) is 6.78. The molecule has 0 saturated heterocycles. The summed E-state index contributed by atoms with van der Waals surface area (Å²) < 4.78 is 38.9. The Hall–Kier alpha value is -3.30. The summed E-state index contributed by atoms with van der Waals surface area (Å²) >= 11 is 0. The van der Waals surface area contributed by atoms with E-state index >= 15 is 0 Å². The standard InChI is InChI=1S/C20H22F3N5O2/c1-3-7-28-10-13(9-25-28)26-15(4-2)17-14-8-12(5-6-16(14)27-19(17)30)18(29)24-11-20(21,22)23/h5-6,8-10,27,30H,3-4,7,11H2,1-2H3,(H,24,29). The van der Waals surface area contributed by atoms with Crippen molar-refractivity contribution in [2.75, 3.05) is 6.54 Å². The molecular weight excluding hydrogens is 399 g/mol. The van der Waals surface area contributed by atoms with Crippen LogP contribution in [0.2, 0.25) is 0 Å². The molecule has 0 fully saturated rings. The molecule has 0 spiro atoms. The van der Waals surface area contributed by atoms with E-state index in [-0.39, 0.29) is 11.4 Å². The Bertz CT molecular complexity index is 1080. The van der Waals surface area contributed by atoms with E-state index in [1.165, 1.54) is 18.2 Å². The summed E-state index contributed by atoms with van der Waals surface area (Å²) in [5, 5.41) is 17.0. The van der Waals surface area contributed by atoms with Crippen LogP contribution in [0.15, 0.2) is 35.6 Å². The monoisotopic (exact) mass is 421 g/mol. The number of nitrogens with zero attached hydrogens (tertiary/aromatic N) is 3. The Labute approximate surface area is 170 Å². The number of aliphatic imine (C=N–C) groups is 1. The molecule has 0 unspecified atom stereocenters. The molecule has 2 aromatic heterocycles. The molecule has 0 aliphatic heterocycles. The number of nitrogens with one attached hydrogen (secondary N) is 2. The third-order valence-electron chi connectivity index (χ3n) is 4.45. The highest BCUT2D eigenvalue weighted by atomic mass is 19.4. The maximum atomic E-state index is 12.4. The van der Waals surface area contributed by atoms with Gasteiger partial charge in [0.15, 0.2) is 5.88 Å². The van der Waals surface area contributed by atoms with Crippen molar-refractivity contribution in [2.24, 2.45) is 4.99 Å². The van der Waals surface area contributed by atoms with Gasteiger partial charge in [-0.05, 0) is 31.0 Å². The molecular formula is C20H22F3N5O2. The van der Waals surface area contributed by atoms with Crippen LogP contribution in [0.5, 0.6) is 5.88 Å². The maximum absolute atomic E-state index is 12.4. The fourth-order valence-corrected chi connectivity index (χ4v) is 3.12. The van der Waals surface area contributed by atoms with Crippen molar-refractivity contribution in [1.29, 1.82) is 0 Å². The van der Waals surface area contributed by atoms with Crippen LogP contribution in [-0.4, -0.2) is 44.2 Å². The topological polar surface area (TPSA) is 95.3 Å². The normalized spacial score (nSPS) is 12.5. The fourth-order valence-electron chi connectivity index (χ4n) is 3.12. The molecule has 10 heteroatoms. The summed E-state index contributed by atoms with van der Waals surface area (Å²) in [6.45, 7) is 3.24. The third kappa shape index (κ3) is 4.81. The molecule has 30 heavy (non-hydrogen) atoms.